The number of oxazole rings is 1. The Morgan fingerprint density at radius 2 is 1.85 bits per heavy atom. The molecule has 0 spiro atoms. The van der Waals surface area contributed by atoms with E-state index in [1.54, 1.807) is 6.07 Å². The van der Waals surface area contributed by atoms with Gasteiger partial charge in [0, 0.05) is 0 Å². The first-order valence-corrected chi connectivity index (χ1v) is 8.57. The summed E-state index contributed by atoms with van der Waals surface area (Å²) in [5, 5.41) is 1.35. The zero-order chi connectivity index (χ0) is 18.4. The van der Waals surface area contributed by atoms with Gasteiger partial charge < -0.3 is 9.15 Å². The molecule has 0 bridgehead atoms. The number of carbonyl (C=O) groups is 1. The van der Waals surface area contributed by atoms with E-state index in [0.717, 1.165) is 5.56 Å². The molecular weight excluding hydrogens is 332 g/mol. The summed E-state index contributed by atoms with van der Waals surface area (Å²) < 4.78 is 10.9. The third-order valence-electron chi connectivity index (χ3n) is 3.63. The first kappa shape index (κ1) is 17.9. The van der Waals surface area contributed by atoms with Crippen LogP contribution in [0.25, 0.3) is 11.1 Å². The fourth-order valence-corrected chi connectivity index (χ4v) is 2.39. The van der Waals surface area contributed by atoms with Crippen LogP contribution in [-0.2, 0) is 16.2 Å². The summed E-state index contributed by atoms with van der Waals surface area (Å²) >= 11 is 0. The monoisotopic (exact) mass is 354 g/mol. The van der Waals surface area contributed by atoms with E-state index in [-0.39, 0.29) is 24.5 Å². The molecule has 0 saturated carbocycles. The molecule has 6 nitrogen and oxygen atoms in total. The molecule has 3 aromatic rings. The van der Waals surface area contributed by atoms with Gasteiger partial charge >= 0.3 is 6.08 Å². The normalized spacial score (nSPS) is 11.0. The van der Waals surface area contributed by atoms with Gasteiger partial charge in [0.1, 0.15) is 12.1 Å². The number of fused-ring (bicyclic) bond motifs is 1. The minimum absolute atomic E-state index is 0.0760. The van der Waals surface area contributed by atoms with E-state index >= 15 is 0 Å². The lowest BCUT2D eigenvalue weighted by atomic mass is 10.2. The van der Waals surface area contributed by atoms with E-state index < -0.39 is 0 Å². The number of para-hydroxylation sites is 2. The SMILES string of the molecule is CC(C)CN(OCc1ccccc1)C(=O)COc1nc2ccccc2o1. The van der Waals surface area contributed by atoms with Crippen LogP contribution < -0.4 is 4.74 Å². The number of nitrogens with zero attached hydrogens (tertiary/aromatic N) is 2. The molecule has 1 amide bonds. The molecule has 136 valence electrons. The highest BCUT2D eigenvalue weighted by Gasteiger charge is 2.18. The second kappa shape index (κ2) is 8.49. The Morgan fingerprint density at radius 3 is 2.58 bits per heavy atom. The molecule has 0 aliphatic heterocycles. The number of ether oxygens (including phenoxy) is 1. The van der Waals surface area contributed by atoms with E-state index in [1.807, 2.05) is 62.4 Å². The van der Waals surface area contributed by atoms with Crippen molar-refractivity contribution in [1.82, 2.24) is 10.0 Å². The summed E-state index contributed by atoms with van der Waals surface area (Å²) in [6.07, 6.45) is 0.0760. The van der Waals surface area contributed by atoms with Crippen molar-refractivity contribution < 1.29 is 18.8 Å². The van der Waals surface area contributed by atoms with Gasteiger partial charge in [0.05, 0.1) is 6.54 Å². The Morgan fingerprint density at radius 1 is 1.12 bits per heavy atom. The first-order valence-electron chi connectivity index (χ1n) is 8.57. The Bertz CT molecular complexity index is 812. The van der Waals surface area contributed by atoms with E-state index in [2.05, 4.69) is 4.98 Å². The molecule has 6 heteroatoms. The smallest absolute Gasteiger partial charge is 0.395 e. The van der Waals surface area contributed by atoms with Gasteiger partial charge in [-0.2, -0.15) is 4.98 Å². The quantitative estimate of drug-likeness (QED) is 0.575. The Kier molecular flexibility index (Phi) is 5.86. The maximum atomic E-state index is 12.5. The summed E-state index contributed by atoms with van der Waals surface area (Å²) in [5.74, 6) is -0.0177. The number of aromatic nitrogens is 1. The van der Waals surface area contributed by atoms with Crippen molar-refractivity contribution in [3.8, 4) is 6.08 Å². The van der Waals surface area contributed by atoms with E-state index in [0.29, 0.717) is 24.3 Å². The minimum atomic E-state index is -0.281. The highest BCUT2D eigenvalue weighted by atomic mass is 16.7. The predicted molar refractivity (Wildman–Crippen MR) is 97.3 cm³/mol. The fraction of sp³-hybridized carbons (Fsp3) is 0.300. The molecule has 0 aliphatic rings. The van der Waals surface area contributed by atoms with Crippen molar-refractivity contribution in [1.29, 1.82) is 0 Å². The van der Waals surface area contributed by atoms with Crippen molar-refractivity contribution in [2.45, 2.75) is 20.5 Å². The molecule has 3 rings (SSSR count). The highest BCUT2D eigenvalue weighted by molar-refractivity contribution is 5.77. The summed E-state index contributed by atoms with van der Waals surface area (Å²) in [4.78, 5) is 22.4. The number of carbonyl (C=O) groups excluding carboxylic acids is 1. The average molecular weight is 354 g/mol. The Balaban J connectivity index is 1.59. The van der Waals surface area contributed by atoms with Crippen LogP contribution in [0.3, 0.4) is 0 Å². The van der Waals surface area contributed by atoms with Gasteiger partial charge in [0.2, 0.25) is 0 Å². The number of hydrogen-bond acceptors (Lipinski definition) is 5. The molecule has 2 aromatic carbocycles. The van der Waals surface area contributed by atoms with Gasteiger partial charge in [-0.3, -0.25) is 9.63 Å². The van der Waals surface area contributed by atoms with Gasteiger partial charge in [-0.15, -0.1) is 0 Å². The van der Waals surface area contributed by atoms with Crippen molar-refractivity contribution in [3.05, 3.63) is 60.2 Å². The molecular formula is C20H22N2O4. The molecule has 1 heterocycles. The van der Waals surface area contributed by atoms with Crippen molar-refractivity contribution in [2.75, 3.05) is 13.2 Å². The molecule has 0 atom stereocenters. The number of benzene rings is 2. The van der Waals surface area contributed by atoms with Gasteiger partial charge in [-0.25, -0.2) is 5.06 Å². The van der Waals surface area contributed by atoms with Crippen molar-refractivity contribution >= 4 is 17.0 Å². The largest absolute Gasteiger partial charge is 0.440 e. The molecule has 0 N–H and O–H groups in total. The molecule has 0 radical (unpaired) electrons. The summed E-state index contributed by atoms with van der Waals surface area (Å²) in [7, 11) is 0. The lowest BCUT2D eigenvalue weighted by molar-refractivity contribution is -0.196. The summed E-state index contributed by atoms with van der Waals surface area (Å²) in [5.41, 5.74) is 2.30. The molecule has 0 fully saturated rings. The lowest BCUT2D eigenvalue weighted by Crippen LogP contribution is -2.37. The second-order valence-corrected chi connectivity index (χ2v) is 6.34. The fourth-order valence-electron chi connectivity index (χ4n) is 2.39. The molecule has 0 unspecified atom stereocenters. The Hall–Kier alpha value is -2.86. The van der Waals surface area contributed by atoms with Crippen LogP contribution in [0.2, 0.25) is 0 Å². The Labute approximate surface area is 152 Å². The first-order chi connectivity index (χ1) is 12.6. The molecule has 26 heavy (non-hydrogen) atoms. The second-order valence-electron chi connectivity index (χ2n) is 6.34. The van der Waals surface area contributed by atoms with Crippen LogP contribution in [-0.4, -0.2) is 29.1 Å². The number of hydrogen-bond donors (Lipinski definition) is 0. The van der Waals surface area contributed by atoms with Crippen LogP contribution in [0.5, 0.6) is 6.08 Å². The van der Waals surface area contributed by atoms with Crippen LogP contribution in [0.15, 0.2) is 59.0 Å². The standard InChI is InChI=1S/C20H22N2O4/c1-15(2)12-22(25-13-16-8-4-3-5-9-16)19(23)14-24-20-21-17-10-6-7-11-18(17)26-20/h3-11,15H,12-14H2,1-2H3. The van der Waals surface area contributed by atoms with E-state index in [4.69, 9.17) is 14.0 Å². The molecule has 0 aliphatic carbocycles. The number of hydroxylamine groups is 2. The predicted octanol–water partition coefficient (Wildman–Crippen LogP) is 3.82. The average Bonchev–Trinajstić information content (AvgIpc) is 3.06. The summed E-state index contributed by atoms with van der Waals surface area (Å²) in [6, 6.07) is 17.0. The zero-order valence-corrected chi connectivity index (χ0v) is 14.9. The molecule has 1 aromatic heterocycles. The highest BCUT2D eigenvalue weighted by Crippen LogP contribution is 2.19. The maximum absolute atomic E-state index is 12.5. The van der Waals surface area contributed by atoms with E-state index in [9.17, 15) is 4.79 Å². The van der Waals surface area contributed by atoms with E-state index in [1.165, 1.54) is 5.06 Å². The van der Waals surface area contributed by atoms with Gasteiger partial charge in [0.25, 0.3) is 5.91 Å². The van der Waals surface area contributed by atoms with Crippen LogP contribution in [0, 0.1) is 5.92 Å². The molecule has 0 saturated heterocycles. The maximum Gasteiger partial charge on any atom is 0.395 e. The van der Waals surface area contributed by atoms with Crippen molar-refractivity contribution in [2.24, 2.45) is 5.92 Å². The lowest BCUT2D eigenvalue weighted by Gasteiger charge is -2.23. The van der Waals surface area contributed by atoms with Crippen LogP contribution in [0.4, 0.5) is 0 Å². The third-order valence-corrected chi connectivity index (χ3v) is 3.63. The number of rotatable bonds is 8. The topological polar surface area (TPSA) is 64.8 Å². The van der Waals surface area contributed by atoms with Gasteiger partial charge in [-0.1, -0.05) is 56.3 Å². The number of amides is 1. The third kappa shape index (κ3) is 4.83. The minimum Gasteiger partial charge on any atom is -0.440 e. The summed E-state index contributed by atoms with van der Waals surface area (Å²) in [6.45, 7) is 4.64. The zero-order valence-electron chi connectivity index (χ0n) is 14.9. The van der Waals surface area contributed by atoms with Crippen LogP contribution >= 0.6 is 0 Å². The van der Waals surface area contributed by atoms with Crippen molar-refractivity contribution in [3.63, 3.8) is 0 Å². The van der Waals surface area contributed by atoms with Gasteiger partial charge in [-0.05, 0) is 23.6 Å². The van der Waals surface area contributed by atoms with Gasteiger partial charge in [0.15, 0.2) is 12.2 Å². The van der Waals surface area contributed by atoms with Crippen LogP contribution in [0.1, 0.15) is 19.4 Å².